The summed E-state index contributed by atoms with van der Waals surface area (Å²) in [5.74, 6) is -0.869. The minimum absolute atomic E-state index is 0.114. The number of halogens is 1. The van der Waals surface area contributed by atoms with Gasteiger partial charge in [-0.15, -0.1) is 11.3 Å². The molecule has 6 nitrogen and oxygen atoms in total. The molecule has 0 unspecified atom stereocenters. The minimum Gasteiger partial charge on any atom is -0.283 e. The summed E-state index contributed by atoms with van der Waals surface area (Å²) < 4.78 is 42.4. The highest BCUT2D eigenvalue weighted by atomic mass is 32.2. The predicted molar refractivity (Wildman–Crippen MR) is 133 cm³/mol. The number of benzene rings is 2. The van der Waals surface area contributed by atoms with Gasteiger partial charge in [0.1, 0.15) is 15.5 Å². The molecule has 176 valence electrons. The summed E-state index contributed by atoms with van der Waals surface area (Å²) in [6.45, 7) is 0.878. The summed E-state index contributed by atoms with van der Waals surface area (Å²) >= 11 is 2.48. The van der Waals surface area contributed by atoms with Gasteiger partial charge in [-0.05, 0) is 42.0 Å². The Hall–Kier alpha value is -2.66. The van der Waals surface area contributed by atoms with Gasteiger partial charge in [0.25, 0.3) is 10.0 Å². The van der Waals surface area contributed by atoms with Crippen molar-refractivity contribution in [1.82, 2.24) is 9.29 Å². The summed E-state index contributed by atoms with van der Waals surface area (Å²) in [6, 6.07) is 17.7. The molecule has 34 heavy (non-hydrogen) atoms. The van der Waals surface area contributed by atoms with Crippen LogP contribution in [-0.2, 0) is 21.4 Å². The highest BCUT2D eigenvalue weighted by Gasteiger charge is 2.35. The molecule has 1 amide bonds. The van der Waals surface area contributed by atoms with E-state index in [1.54, 1.807) is 34.5 Å². The molecule has 0 bridgehead atoms. The number of nitrogens with zero attached hydrogens (tertiary/aromatic N) is 3. The molecule has 0 aliphatic carbocycles. The number of thiophene rings is 1. The third-order valence-corrected chi connectivity index (χ3v) is 10.2. The number of piperidine rings is 1. The van der Waals surface area contributed by atoms with Crippen molar-refractivity contribution in [2.75, 3.05) is 18.0 Å². The molecule has 1 fully saturated rings. The first-order valence-electron chi connectivity index (χ1n) is 10.9. The third kappa shape index (κ3) is 4.50. The molecule has 1 aliphatic rings. The van der Waals surface area contributed by atoms with Crippen molar-refractivity contribution in [1.29, 1.82) is 0 Å². The number of anilines is 1. The van der Waals surface area contributed by atoms with Gasteiger partial charge >= 0.3 is 0 Å². The summed E-state index contributed by atoms with van der Waals surface area (Å²) in [4.78, 5) is 19.8. The molecule has 0 N–H and O–H groups in total. The Labute approximate surface area is 205 Å². The average molecular weight is 516 g/mol. The molecule has 1 saturated heterocycles. The number of amides is 1. The van der Waals surface area contributed by atoms with E-state index in [1.165, 1.54) is 33.0 Å². The highest BCUT2D eigenvalue weighted by Crippen LogP contribution is 2.34. The fourth-order valence-corrected chi connectivity index (χ4v) is 7.72. The minimum atomic E-state index is -3.54. The number of aromatic nitrogens is 1. The second kappa shape index (κ2) is 9.53. The number of carbonyl (C=O) groups excluding carboxylic acids is 1. The molecule has 2 aromatic heterocycles. The van der Waals surface area contributed by atoms with E-state index in [0.29, 0.717) is 33.4 Å². The summed E-state index contributed by atoms with van der Waals surface area (Å²) in [5, 5.41) is 2.19. The molecule has 2 aromatic carbocycles. The smallest absolute Gasteiger partial charge is 0.252 e. The average Bonchev–Trinajstić information content (AvgIpc) is 3.54. The van der Waals surface area contributed by atoms with Gasteiger partial charge in [-0.3, -0.25) is 9.69 Å². The van der Waals surface area contributed by atoms with E-state index in [1.807, 2.05) is 30.3 Å². The quantitative estimate of drug-likeness (QED) is 0.357. The molecule has 10 heteroatoms. The number of sulfonamides is 1. The largest absolute Gasteiger partial charge is 0.283 e. The van der Waals surface area contributed by atoms with Crippen molar-refractivity contribution in [2.45, 2.75) is 23.6 Å². The standard InChI is InChI=1S/C24H22FN3O3S3/c25-19-8-4-9-20-22(19)26-24(33-20)28(16-17-6-2-1-3-7-17)23(29)18-11-13-27(14-12-18)34(30,31)21-10-5-15-32-21/h1-10,15,18H,11-14,16H2. The Morgan fingerprint density at radius 2 is 1.82 bits per heavy atom. The monoisotopic (exact) mass is 515 g/mol. The topological polar surface area (TPSA) is 70.6 Å². The van der Waals surface area contributed by atoms with E-state index in [2.05, 4.69) is 4.98 Å². The maximum atomic E-state index is 14.3. The molecule has 0 spiro atoms. The zero-order valence-electron chi connectivity index (χ0n) is 18.1. The zero-order valence-corrected chi connectivity index (χ0v) is 20.6. The number of carbonyl (C=O) groups is 1. The van der Waals surface area contributed by atoms with Crippen molar-refractivity contribution >= 4 is 54.0 Å². The van der Waals surface area contributed by atoms with Crippen molar-refractivity contribution in [3.8, 4) is 0 Å². The predicted octanol–water partition coefficient (Wildman–Crippen LogP) is 5.13. The number of fused-ring (bicyclic) bond motifs is 1. The van der Waals surface area contributed by atoms with Crippen LogP contribution in [0.4, 0.5) is 9.52 Å². The van der Waals surface area contributed by atoms with Crippen LogP contribution >= 0.6 is 22.7 Å². The number of hydrogen-bond acceptors (Lipinski definition) is 6. The maximum absolute atomic E-state index is 14.3. The first-order chi connectivity index (χ1) is 16.4. The van der Waals surface area contributed by atoms with Crippen LogP contribution in [0.1, 0.15) is 18.4 Å². The number of rotatable bonds is 6. The molecule has 0 atom stereocenters. The van der Waals surface area contributed by atoms with Crippen LogP contribution < -0.4 is 4.90 Å². The van der Waals surface area contributed by atoms with E-state index in [0.717, 1.165) is 5.56 Å². The molecule has 5 rings (SSSR count). The van der Waals surface area contributed by atoms with E-state index < -0.39 is 15.8 Å². The number of hydrogen-bond donors (Lipinski definition) is 0. The molecule has 3 heterocycles. The fourth-order valence-electron chi connectivity index (χ4n) is 4.13. The van der Waals surface area contributed by atoms with Gasteiger partial charge in [0.2, 0.25) is 5.91 Å². The summed E-state index contributed by atoms with van der Waals surface area (Å²) in [6.07, 6.45) is 0.849. The Bertz CT molecular complexity index is 1400. The second-order valence-corrected chi connectivity index (χ2v) is 12.2. The van der Waals surface area contributed by atoms with E-state index >= 15 is 0 Å². The fraction of sp³-hybridized carbons (Fsp3) is 0.250. The van der Waals surface area contributed by atoms with Gasteiger partial charge in [0.15, 0.2) is 5.13 Å². The first kappa shape index (κ1) is 23.1. The molecule has 0 saturated carbocycles. The van der Waals surface area contributed by atoms with Crippen molar-refractivity contribution < 1.29 is 17.6 Å². The van der Waals surface area contributed by atoms with Gasteiger partial charge in [0.05, 0.1) is 11.2 Å². The zero-order chi connectivity index (χ0) is 23.7. The van der Waals surface area contributed by atoms with Gasteiger partial charge in [-0.1, -0.05) is 53.8 Å². The van der Waals surface area contributed by atoms with Crippen LogP contribution in [0.2, 0.25) is 0 Å². The Morgan fingerprint density at radius 3 is 2.50 bits per heavy atom. The number of para-hydroxylation sites is 1. The van der Waals surface area contributed by atoms with Crippen LogP contribution in [0.15, 0.2) is 70.3 Å². The molecule has 1 aliphatic heterocycles. The van der Waals surface area contributed by atoms with E-state index in [-0.39, 0.29) is 30.4 Å². The van der Waals surface area contributed by atoms with Crippen molar-refractivity contribution in [3.05, 3.63) is 77.4 Å². The first-order valence-corrected chi connectivity index (χ1v) is 14.0. The van der Waals surface area contributed by atoms with Crippen LogP contribution in [0.5, 0.6) is 0 Å². The van der Waals surface area contributed by atoms with Crippen molar-refractivity contribution in [3.63, 3.8) is 0 Å². The summed E-state index contributed by atoms with van der Waals surface area (Å²) in [7, 11) is -3.54. The molecule has 4 aromatic rings. The van der Waals surface area contributed by atoms with Gasteiger partial charge in [0, 0.05) is 19.0 Å². The molecule has 0 radical (unpaired) electrons. The number of thiazole rings is 1. The lowest BCUT2D eigenvalue weighted by Gasteiger charge is -2.32. The third-order valence-electron chi connectivity index (χ3n) is 5.93. The van der Waals surface area contributed by atoms with Gasteiger partial charge < -0.3 is 0 Å². The van der Waals surface area contributed by atoms with E-state index in [9.17, 15) is 17.6 Å². The SMILES string of the molecule is O=C(C1CCN(S(=O)(=O)c2cccs2)CC1)N(Cc1ccccc1)c1nc2c(F)cccc2s1. The lowest BCUT2D eigenvalue weighted by atomic mass is 9.96. The lowest BCUT2D eigenvalue weighted by molar-refractivity contribution is -0.123. The Morgan fingerprint density at radius 1 is 1.06 bits per heavy atom. The van der Waals surface area contributed by atoms with Crippen LogP contribution in [0, 0.1) is 11.7 Å². The normalized spacial score (nSPS) is 15.6. The second-order valence-electron chi connectivity index (χ2n) is 8.10. The highest BCUT2D eigenvalue weighted by molar-refractivity contribution is 7.91. The van der Waals surface area contributed by atoms with Gasteiger partial charge in [-0.25, -0.2) is 17.8 Å². The Balaban J connectivity index is 1.39. The van der Waals surface area contributed by atoms with Crippen LogP contribution in [0.3, 0.4) is 0 Å². The van der Waals surface area contributed by atoms with E-state index in [4.69, 9.17) is 0 Å². The van der Waals surface area contributed by atoms with Crippen molar-refractivity contribution in [2.24, 2.45) is 5.92 Å². The molecular weight excluding hydrogens is 493 g/mol. The Kier molecular flexibility index (Phi) is 6.48. The van der Waals surface area contributed by atoms with Crippen LogP contribution in [-0.4, -0.2) is 36.7 Å². The summed E-state index contributed by atoms with van der Waals surface area (Å²) in [5.41, 5.74) is 1.19. The van der Waals surface area contributed by atoms with Crippen LogP contribution in [0.25, 0.3) is 10.2 Å². The maximum Gasteiger partial charge on any atom is 0.252 e. The lowest BCUT2D eigenvalue weighted by Crippen LogP contribution is -2.44. The molecular formula is C24H22FN3O3S3. The van der Waals surface area contributed by atoms with Gasteiger partial charge in [-0.2, -0.15) is 4.31 Å².